The van der Waals surface area contributed by atoms with E-state index in [1.807, 2.05) is 0 Å². The number of ketones is 1. The minimum absolute atomic E-state index is 0.396. The van der Waals surface area contributed by atoms with Crippen molar-refractivity contribution in [3.8, 4) is 0 Å². The monoisotopic (exact) mass is 286 g/mol. The predicted molar refractivity (Wildman–Crippen MR) is 71.3 cm³/mol. The molecule has 0 spiro atoms. The van der Waals surface area contributed by atoms with Crippen molar-refractivity contribution in [2.45, 2.75) is 63.1 Å². The highest BCUT2D eigenvalue weighted by Crippen LogP contribution is 2.30. The van der Waals surface area contributed by atoms with Crippen LogP contribution in [0.5, 0.6) is 0 Å². The number of carboxylic acid groups (broad SMARTS) is 2. The summed E-state index contributed by atoms with van der Waals surface area (Å²) in [5.41, 5.74) is 4.66. The number of nitrogens with one attached hydrogen (secondary N) is 1. The van der Waals surface area contributed by atoms with E-state index in [9.17, 15) is 14.4 Å². The van der Waals surface area contributed by atoms with Gasteiger partial charge in [0.2, 0.25) is 0 Å². The number of hydrogen-bond donors (Lipinski definition) is 4. The predicted octanol–water partition coefficient (Wildman–Crippen LogP) is 0.123. The Morgan fingerprint density at radius 3 is 2.20 bits per heavy atom. The van der Waals surface area contributed by atoms with Crippen molar-refractivity contribution >= 4 is 17.7 Å². The van der Waals surface area contributed by atoms with Crippen LogP contribution in [0, 0.1) is 0 Å². The van der Waals surface area contributed by atoms with Gasteiger partial charge in [-0.1, -0.05) is 19.3 Å². The van der Waals surface area contributed by atoms with Crippen LogP contribution >= 0.6 is 0 Å². The number of Topliss-reactive ketones (excluding diaryl/α,β-unsaturated/α-hetero) is 1. The maximum absolute atomic E-state index is 12.5. The normalized spacial score (nSPS) is 20.9. The maximum Gasteiger partial charge on any atom is 0.320 e. The molecular weight excluding hydrogens is 264 g/mol. The molecular formula is C13H22N2O5. The van der Waals surface area contributed by atoms with E-state index in [-0.39, 0.29) is 0 Å². The Balaban J connectivity index is 2.89. The van der Waals surface area contributed by atoms with Crippen molar-refractivity contribution < 1.29 is 24.6 Å². The van der Waals surface area contributed by atoms with Gasteiger partial charge in [-0.05, 0) is 19.8 Å². The molecule has 0 bridgehead atoms. The van der Waals surface area contributed by atoms with Crippen molar-refractivity contribution in [1.29, 1.82) is 0 Å². The highest BCUT2D eigenvalue weighted by atomic mass is 16.4. The van der Waals surface area contributed by atoms with Crippen LogP contribution in [0.15, 0.2) is 0 Å². The Labute approximate surface area is 117 Å². The van der Waals surface area contributed by atoms with E-state index in [2.05, 4.69) is 5.32 Å². The van der Waals surface area contributed by atoms with Gasteiger partial charge >= 0.3 is 11.9 Å². The zero-order chi connectivity index (χ0) is 15.3. The standard InChI is InChI=1S/C13H22N2O5/c1-8(12(19)20)15-13(5-3-2-4-6-13)11(18)9(14)7-10(16)17/h8-9,15H,2-7,14H2,1H3,(H,16,17)(H,19,20). The van der Waals surface area contributed by atoms with Crippen molar-refractivity contribution in [2.75, 3.05) is 0 Å². The second kappa shape index (κ2) is 6.81. The third-order valence-corrected chi connectivity index (χ3v) is 3.77. The van der Waals surface area contributed by atoms with Gasteiger partial charge in [0.15, 0.2) is 5.78 Å². The molecule has 1 rings (SSSR count). The van der Waals surface area contributed by atoms with Crippen molar-refractivity contribution in [1.82, 2.24) is 5.32 Å². The summed E-state index contributed by atoms with van der Waals surface area (Å²) in [6.07, 6.45) is 3.12. The van der Waals surface area contributed by atoms with Gasteiger partial charge in [-0.15, -0.1) is 0 Å². The number of aliphatic carboxylic acids is 2. The van der Waals surface area contributed by atoms with Gasteiger partial charge in [-0.25, -0.2) is 0 Å². The number of hydrogen-bond acceptors (Lipinski definition) is 5. The van der Waals surface area contributed by atoms with Crippen LogP contribution in [0.1, 0.15) is 45.4 Å². The molecule has 0 heterocycles. The Morgan fingerprint density at radius 1 is 1.20 bits per heavy atom. The van der Waals surface area contributed by atoms with E-state index in [0.717, 1.165) is 19.3 Å². The van der Waals surface area contributed by atoms with Gasteiger partial charge in [0.1, 0.15) is 6.04 Å². The zero-order valence-corrected chi connectivity index (χ0v) is 11.6. The summed E-state index contributed by atoms with van der Waals surface area (Å²) < 4.78 is 0. The molecule has 5 N–H and O–H groups in total. The van der Waals surface area contributed by atoms with Crippen LogP contribution in [0.2, 0.25) is 0 Å². The molecule has 1 saturated carbocycles. The second-order valence-corrected chi connectivity index (χ2v) is 5.42. The third kappa shape index (κ3) is 4.01. The summed E-state index contributed by atoms with van der Waals surface area (Å²) in [7, 11) is 0. The molecule has 2 atom stereocenters. The molecule has 114 valence electrons. The lowest BCUT2D eigenvalue weighted by Crippen LogP contribution is -2.62. The van der Waals surface area contributed by atoms with Crippen LogP contribution in [0.4, 0.5) is 0 Å². The number of carbonyl (C=O) groups excluding carboxylic acids is 1. The van der Waals surface area contributed by atoms with Gasteiger partial charge in [-0.3, -0.25) is 19.7 Å². The van der Waals surface area contributed by atoms with Crippen LogP contribution in [0.3, 0.4) is 0 Å². The molecule has 0 saturated heterocycles. The molecule has 7 heteroatoms. The fourth-order valence-electron chi connectivity index (χ4n) is 2.73. The van der Waals surface area contributed by atoms with E-state index in [1.165, 1.54) is 6.92 Å². The quantitative estimate of drug-likeness (QED) is 0.523. The fraction of sp³-hybridized carbons (Fsp3) is 0.769. The molecule has 0 aromatic heterocycles. The summed E-state index contributed by atoms with van der Waals surface area (Å²) in [5.74, 6) is -2.58. The first-order valence-electron chi connectivity index (χ1n) is 6.81. The first kappa shape index (κ1) is 16.6. The number of nitrogens with two attached hydrogens (primary N) is 1. The lowest BCUT2D eigenvalue weighted by atomic mass is 9.75. The van der Waals surface area contributed by atoms with Crippen LogP contribution in [-0.2, 0) is 14.4 Å². The topological polar surface area (TPSA) is 130 Å². The minimum Gasteiger partial charge on any atom is -0.481 e. The van der Waals surface area contributed by atoms with Crippen molar-refractivity contribution in [3.63, 3.8) is 0 Å². The number of rotatable bonds is 7. The molecule has 20 heavy (non-hydrogen) atoms. The van der Waals surface area contributed by atoms with E-state index >= 15 is 0 Å². The lowest BCUT2D eigenvalue weighted by molar-refractivity contribution is -0.143. The van der Waals surface area contributed by atoms with Gasteiger partial charge in [0.25, 0.3) is 0 Å². The SMILES string of the molecule is CC(NC1(C(=O)C(N)CC(=O)O)CCCCC1)C(=O)O. The minimum atomic E-state index is -1.14. The van der Waals surface area contributed by atoms with Crippen molar-refractivity contribution in [2.24, 2.45) is 5.73 Å². The van der Waals surface area contributed by atoms with Gasteiger partial charge in [0, 0.05) is 0 Å². The van der Waals surface area contributed by atoms with E-state index in [0.29, 0.717) is 12.8 Å². The molecule has 7 nitrogen and oxygen atoms in total. The fourth-order valence-corrected chi connectivity index (χ4v) is 2.73. The first-order chi connectivity index (χ1) is 9.28. The average Bonchev–Trinajstić information content (AvgIpc) is 2.37. The highest BCUT2D eigenvalue weighted by Gasteiger charge is 2.43. The summed E-state index contributed by atoms with van der Waals surface area (Å²) in [4.78, 5) is 34.1. The lowest BCUT2D eigenvalue weighted by Gasteiger charge is -2.39. The van der Waals surface area contributed by atoms with Gasteiger partial charge < -0.3 is 15.9 Å². The first-order valence-corrected chi connectivity index (χ1v) is 6.81. The van der Waals surface area contributed by atoms with Crippen LogP contribution in [0.25, 0.3) is 0 Å². The smallest absolute Gasteiger partial charge is 0.320 e. The summed E-state index contributed by atoms with van der Waals surface area (Å²) in [6, 6.07) is -1.99. The van der Waals surface area contributed by atoms with E-state index in [4.69, 9.17) is 15.9 Å². The number of carbonyl (C=O) groups is 3. The van der Waals surface area contributed by atoms with E-state index in [1.54, 1.807) is 0 Å². The van der Waals surface area contributed by atoms with E-state index < -0.39 is 41.8 Å². The zero-order valence-electron chi connectivity index (χ0n) is 11.6. The van der Waals surface area contributed by atoms with Crippen LogP contribution < -0.4 is 11.1 Å². The summed E-state index contributed by atoms with van der Waals surface area (Å²) >= 11 is 0. The molecule has 1 aliphatic rings. The molecule has 0 radical (unpaired) electrons. The summed E-state index contributed by atoms with van der Waals surface area (Å²) in [5, 5.41) is 20.6. The Kier molecular flexibility index (Phi) is 5.64. The largest absolute Gasteiger partial charge is 0.481 e. The molecule has 0 aromatic rings. The van der Waals surface area contributed by atoms with Gasteiger partial charge in [-0.2, -0.15) is 0 Å². The molecule has 2 unspecified atom stereocenters. The van der Waals surface area contributed by atoms with Crippen LogP contribution in [-0.4, -0.2) is 45.6 Å². The molecule has 0 aliphatic heterocycles. The maximum atomic E-state index is 12.5. The Bertz CT molecular complexity index is 390. The molecule has 0 amide bonds. The molecule has 1 fully saturated rings. The second-order valence-electron chi connectivity index (χ2n) is 5.42. The summed E-state index contributed by atoms with van der Waals surface area (Å²) in [6.45, 7) is 1.47. The molecule has 1 aliphatic carbocycles. The Hall–Kier alpha value is -1.47. The van der Waals surface area contributed by atoms with Crippen molar-refractivity contribution in [3.05, 3.63) is 0 Å². The van der Waals surface area contributed by atoms with Gasteiger partial charge in [0.05, 0.1) is 18.0 Å². The average molecular weight is 286 g/mol. The Morgan fingerprint density at radius 2 is 1.75 bits per heavy atom. The molecule has 0 aromatic carbocycles. The highest BCUT2D eigenvalue weighted by molar-refractivity contribution is 5.95. The number of carboxylic acids is 2. The third-order valence-electron chi connectivity index (χ3n) is 3.77.